The van der Waals surface area contributed by atoms with Crippen molar-refractivity contribution in [1.29, 1.82) is 0 Å². The first-order chi connectivity index (χ1) is 9.47. The Morgan fingerprint density at radius 3 is 2.85 bits per heavy atom. The molecular formula is C12H19N5O3. The lowest BCUT2D eigenvalue weighted by Gasteiger charge is -2.30. The number of rotatable bonds is 4. The Labute approximate surface area is 116 Å². The van der Waals surface area contributed by atoms with E-state index in [1.165, 1.54) is 0 Å². The van der Waals surface area contributed by atoms with E-state index >= 15 is 0 Å². The molecule has 1 aromatic rings. The van der Waals surface area contributed by atoms with Crippen molar-refractivity contribution in [2.24, 2.45) is 5.92 Å². The summed E-state index contributed by atoms with van der Waals surface area (Å²) in [6, 6.07) is -0.626. The molecule has 0 aliphatic carbocycles. The molecule has 1 unspecified atom stereocenters. The molecule has 110 valence electrons. The molecule has 0 radical (unpaired) electrons. The molecule has 0 aromatic carbocycles. The van der Waals surface area contributed by atoms with Crippen LogP contribution in [0.5, 0.6) is 0 Å². The second-order valence-corrected chi connectivity index (χ2v) is 5.26. The number of nitrogens with one attached hydrogen (secondary N) is 1. The Bertz CT molecular complexity index is 499. The molecule has 2 heterocycles. The van der Waals surface area contributed by atoms with Gasteiger partial charge in [0.05, 0.1) is 13.0 Å². The normalized spacial score (nSPS) is 15.8. The van der Waals surface area contributed by atoms with Crippen LogP contribution >= 0.6 is 0 Å². The highest BCUT2D eigenvalue weighted by atomic mass is 16.4. The molecule has 2 amide bonds. The molecule has 0 saturated heterocycles. The number of amides is 2. The van der Waals surface area contributed by atoms with E-state index in [4.69, 9.17) is 5.11 Å². The second kappa shape index (κ2) is 5.89. The average molecular weight is 281 g/mol. The van der Waals surface area contributed by atoms with Crippen molar-refractivity contribution in [1.82, 2.24) is 25.0 Å². The number of fused-ring (bicyclic) bond motifs is 1. The minimum atomic E-state index is -0.914. The molecule has 0 bridgehead atoms. The number of carboxylic acids is 1. The lowest BCUT2D eigenvalue weighted by molar-refractivity contribution is -0.137. The fourth-order valence-corrected chi connectivity index (χ4v) is 2.13. The third-order valence-electron chi connectivity index (χ3n) is 3.43. The van der Waals surface area contributed by atoms with Gasteiger partial charge in [-0.1, -0.05) is 13.8 Å². The Morgan fingerprint density at radius 1 is 1.45 bits per heavy atom. The Kier molecular flexibility index (Phi) is 4.21. The summed E-state index contributed by atoms with van der Waals surface area (Å²) in [6.07, 6.45) is 1.57. The van der Waals surface area contributed by atoms with E-state index in [1.807, 2.05) is 18.4 Å². The molecule has 1 aliphatic rings. The van der Waals surface area contributed by atoms with Gasteiger partial charge in [-0.05, 0) is 5.92 Å². The molecule has 1 aromatic heterocycles. The summed E-state index contributed by atoms with van der Waals surface area (Å²) in [5.41, 5.74) is 0. The number of carbonyl (C=O) groups is 2. The molecular weight excluding hydrogens is 262 g/mol. The van der Waals surface area contributed by atoms with Crippen LogP contribution in [-0.2, 0) is 17.9 Å². The summed E-state index contributed by atoms with van der Waals surface area (Å²) in [7, 11) is 0. The molecule has 2 rings (SSSR count). The van der Waals surface area contributed by atoms with Crippen LogP contribution in [0.15, 0.2) is 6.33 Å². The van der Waals surface area contributed by atoms with Gasteiger partial charge in [0, 0.05) is 19.1 Å². The van der Waals surface area contributed by atoms with E-state index in [0.29, 0.717) is 19.6 Å². The van der Waals surface area contributed by atoms with Gasteiger partial charge in [-0.25, -0.2) is 4.79 Å². The molecule has 8 nitrogen and oxygen atoms in total. The third kappa shape index (κ3) is 3.25. The fourth-order valence-electron chi connectivity index (χ4n) is 2.13. The first-order valence-corrected chi connectivity index (χ1v) is 6.61. The number of hydrogen-bond donors (Lipinski definition) is 2. The number of nitrogens with zero attached hydrogens (tertiary/aromatic N) is 4. The lowest BCUT2D eigenvalue weighted by atomic mass is 10.0. The van der Waals surface area contributed by atoms with Crippen LogP contribution in [0.2, 0.25) is 0 Å². The maximum Gasteiger partial charge on any atom is 0.318 e. The van der Waals surface area contributed by atoms with Crippen LogP contribution < -0.4 is 5.32 Å². The molecule has 0 spiro atoms. The molecule has 8 heteroatoms. The van der Waals surface area contributed by atoms with Gasteiger partial charge in [0.15, 0.2) is 5.82 Å². The van der Waals surface area contributed by atoms with Crippen LogP contribution in [0.25, 0.3) is 0 Å². The smallest absolute Gasteiger partial charge is 0.318 e. The highest BCUT2D eigenvalue weighted by Gasteiger charge is 2.25. The Morgan fingerprint density at radius 2 is 2.20 bits per heavy atom. The summed E-state index contributed by atoms with van der Waals surface area (Å²) in [5.74, 6) is -0.114. The number of aliphatic carboxylic acids is 1. The van der Waals surface area contributed by atoms with Crippen LogP contribution in [0, 0.1) is 5.92 Å². The minimum Gasteiger partial charge on any atom is -0.481 e. The van der Waals surface area contributed by atoms with Gasteiger partial charge in [0.1, 0.15) is 6.33 Å². The number of carbonyl (C=O) groups excluding carboxylic acids is 1. The zero-order valence-electron chi connectivity index (χ0n) is 11.6. The minimum absolute atomic E-state index is 0.0588. The first-order valence-electron chi connectivity index (χ1n) is 6.61. The van der Waals surface area contributed by atoms with Crippen molar-refractivity contribution in [3.05, 3.63) is 12.2 Å². The van der Waals surface area contributed by atoms with Gasteiger partial charge < -0.3 is 19.9 Å². The summed E-state index contributed by atoms with van der Waals surface area (Å²) in [5, 5.41) is 19.4. The van der Waals surface area contributed by atoms with Gasteiger partial charge in [0.25, 0.3) is 0 Å². The first kappa shape index (κ1) is 14.3. The van der Waals surface area contributed by atoms with E-state index in [0.717, 1.165) is 5.82 Å². The molecule has 0 fully saturated rings. The second-order valence-electron chi connectivity index (χ2n) is 5.26. The van der Waals surface area contributed by atoms with Gasteiger partial charge in [-0.15, -0.1) is 10.2 Å². The van der Waals surface area contributed by atoms with Gasteiger partial charge in [0.2, 0.25) is 0 Å². The highest BCUT2D eigenvalue weighted by Crippen LogP contribution is 2.11. The van der Waals surface area contributed by atoms with Crippen molar-refractivity contribution >= 4 is 12.0 Å². The maximum absolute atomic E-state index is 12.2. The summed E-state index contributed by atoms with van der Waals surface area (Å²) < 4.78 is 1.90. The van der Waals surface area contributed by atoms with Crippen molar-refractivity contribution in [3.8, 4) is 0 Å². The van der Waals surface area contributed by atoms with Gasteiger partial charge in [-0.2, -0.15) is 0 Å². The van der Waals surface area contributed by atoms with E-state index in [-0.39, 0.29) is 24.4 Å². The Balaban J connectivity index is 1.96. The predicted octanol–water partition coefficient (Wildman–Crippen LogP) is 0.303. The van der Waals surface area contributed by atoms with Crippen LogP contribution in [0.4, 0.5) is 4.79 Å². The Hall–Kier alpha value is -2.12. The topological polar surface area (TPSA) is 100 Å². The summed E-state index contributed by atoms with van der Waals surface area (Å²) in [4.78, 5) is 24.6. The van der Waals surface area contributed by atoms with E-state index in [1.54, 1.807) is 11.2 Å². The van der Waals surface area contributed by atoms with Crippen molar-refractivity contribution in [2.45, 2.75) is 39.4 Å². The highest BCUT2D eigenvalue weighted by molar-refractivity contribution is 5.76. The summed E-state index contributed by atoms with van der Waals surface area (Å²) >= 11 is 0. The maximum atomic E-state index is 12.2. The van der Waals surface area contributed by atoms with Crippen molar-refractivity contribution in [3.63, 3.8) is 0 Å². The zero-order valence-corrected chi connectivity index (χ0v) is 11.6. The largest absolute Gasteiger partial charge is 0.481 e. The van der Waals surface area contributed by atoms with Crippen molar-refractivity contribution in [2.75, 3.05) is 6.54 Å². The third-order valence-corrected chi connectivity index (χ3v) is 3.43. The average Bonchev–Trinajstić information content (AvgIpc) is 2.84. The molecule has 1 atom stereocenters. The molecule has 2 N–H and O–H groups in total. The fraction of sp³-hybridized carbons (Fsp3) is 0.667. The number of hydrogen-bond acceptors (Lipinski definition) is 4. The van der Waals surface area contributed by atoms with Crippen molar-refractivity contribution < 1.29 is 14.7 Å². The zero-order chi connectivity index (χ0) is 14.7. The predicted molar refractivity (Wildman–Crippen MR) is 69.8 cm³/mol. The monoisotopic (exact) mass is 281 g/mol. The van der Waals surface area contributed by atoms with Crippen LogP contribution in [0.1, 0.15) is 26.1 Å². The number of urea groups is 1. The quantitative estimate of drug-likeness (QED) is 0.827. The molecule has 20 heavy (non-hydrogen) atoms. The van der Waals surface area contributed by atoms with Gasteiger partial charge >= 0.3 is 12.0 Å². The SMILES string of the molecule is CC(C)C(CC(=O)O)NC(=O)N1CCn2cnnc2C1. The summed E-state index contributed by atoms with van der Waals surface area (Å²) in [6.45, 7) is 5.39. The standard InChI is InChI=1S/C12H19N5O3/c1-8(2)9(5-11(18)19)14-12(20)16-3-4-17-7-13-15-10(17)6-16/h7-9H,3-6H2,1-2H3,(H,14,20)(H,18,19). The number of aromatic nitrogens is 3. The van der Waals surface area contributed by atoms with E-state index in [9.17, 15) is 9.59 Å². The van der Waals surface area contributed by atoms with E-state index < -0.39 is 5.97 Å². The van der Waals surface area contributed by atoms with Crippen LogP contribution in [0.3, 0.4) is 0 Å². The molecule has 0 saturated carbocycles. The van der Waals surface area contributed by atoms with Gasteiger partial charge in [-0.3, -0.25) is 4.79 Å². The molecule has 1 aliphatic heterocycles. The van der Waals surface area contributed by atoms with E-state index in [2.05, 4.69) is 15.5 Å². The number of carboxylic acid groups (broad SMARTS) is 1. The van der Waals surface area contributed by atoms with Crippen LogP contribution in [-0.4, -0.2) is 49.4 Å². The lowest BCUT2D eigenvalue weighted by Crippen LogP contribution is -2.49.